The molecule has 0 atom stereocenters. The Morgan fingerprint density at radius 3 is 2.85 bits per heavy atom. The summed E-state index contributed by atoms with van der Waals surface area (Å²) in [6.45, 7) is 0. The summed E-state index contributed by atoms with van der Waals surface area (Å²) >= 11 is 6.48. The molecule has 0 aliphatic carbocycles. The number of benzene rings is 1. The van der Waals surface area contributed by atoms with Crippen molar-refractivity contribution >= 4 is 31.9 Å². The summed E-state index contributed by atoms with van der Waals surface area (Å²) in [5.74, 6) is 0. The summed E-state index contributed by atoms with van der Waals surface area (Å²) in [7, 11) is 0. The van der Waals surface area contributed by atoms with Crippen molar-refractivity contribution in [2.45, 2.75) is 0 Å². The van der Waals surface area contributed by atoms with Crippen LogP contribution < -0.4 is 0 Å². The molecule has 66 valence electrons. The maximum atomic E-state index is 7.69. The minimum Gasteiger partial charge on any atom is -0.240 e. The Labute approximate surface area is 95.6 Å². The first kappa shape index (κ1) is 6.79. The van der Waals surface area contributed by atoms with Crippen LogP contribution in [0.5, 0.6) is 0 Å². The summed E-state index contributed by atoms with van der Waals surface area (Å²) in [6, 6.07) is 7.53. The minimum atomic E-state index is 0.0694. The molecule has 0 saturated heterocycles. The van der Waals surface area contributed by atoms with E-state index < -0.39 is 0 Å². The molecule has 0 N–H and O–H groups in total. The van der Waals surface area contributed by atoms with Gasteiger partial charge in [0.15, 0.2) is 0 Å². The Morgan fingerprint density at radius 2 is 2.23 bits per heavy atom. The van der Waals surface area contributed by atoms with E-state index in [0.717, 1.165) is 10.2 Å². The van der Waals surface area contributed by atoms with E-state index in [-0.39, 0.29) is 12.2 Å². The first-order chi connectivity index (χ1) is 7.09. The van der Waals surface area contributed by atoms with Crippen LogP contribution in [0.4, 0.5) is 0 Å². The molecule has 0 aliphatic heterocycles. The second-order valence-corrected chi connectivity index (χ2v) is 4.09. The molecule has 0 bridgehead atoms. The van der Waals surface area contributed by atoms with Crippen LogP contribution in [0.15, 0.2) is 45.6 Å². The molecule has 2 aromatic rings. The zero-order valence-electron chi connectivity index (χ0n) is 8.46. The third-order valence-corrected chi connectivity index (χ3v) is 2.36. The van der Waals surface area contributed by atoms with Crippen LogP contribution in [0.25, 0.3) is 5.69 Å². The van der Waals surface area contributed by atoms with Crippen molar-refractivity contribution in [1.82, 2.24) is 9.78 Å². The molecule has 0 radical (unpaired) electrons. The van der Waals surface area contributed by atoms with Crippen molar-refractivity contribution in [3.8, 4) is 5.69 Å². The fourth-order valence-electron chi connectivity index (χ4n) is 0.967. The van der Waals surface area contributed by atoms with Crippen LogP contribution in [-0.2, 0) is 0 Å². The van der Waals surface area contributed by atoms with Gasteiger partial charge in [0.25, 0.3) is 0 Å². The van der Waals surface area contributed by atoms with Crippen LogP contribution in [-0.4, -0.2) is 9.78 Å². The summed E-state index contributed by atoms with van der Waals surface area (Å²) in [5, 5.41) is 4.06. The fraction of sp³-hybridized carbons (Fsp3) is 0. The van der Waals surface area contributed by atoms with Gasteiger partial charge in [0.1, 0.15) is 4.60 Å². The Balaban J connectivity index is 2.59. The molecule has 2 rings (SSSR count). The lowest BCUT2D eigenvalue weighted by Crippen LogP contribution is -1.93. The molecule has 1 heterocycles. The molecule has 0 fully saturated rings. The highest BCUT2D eigenvalue weighted by Gasteiger charge is 1.98. The molecule has 0 spiro atoms. The topological polar surface area (TPSA) is 17.8 Å². The molecule has 2 nitrogen and oxygen atoms in total. The zero-order valence-corrected chi connectivity index (χ0v) is 9.63. The van der Waals surface area contributed by atoms with Gasteiger partial charge in [-0.05, 0) is 40.2 Å². The predicted octanol–water partition coefficient (Wildman–Crippen LogP) is 3.40. The van der Waals surface area contributed by atoms with E-state index in [9.17, 15) is 0 Å². The average molecular weight is 304 g/mol. The number of hydrogen-bond acceptors (Lipinski definition) is 1. The van der Waals surface area contributed by atoms with Gasteiger partial charge in [-0.1, -0.05) is 22.0 Å². The van der Waals surface area contributed by atoms with E-state index in [0.29, 0.717) is 4.60 Å². The van der Waals surface area contributed by atoms with E-state index >= 15 is 0 Å². The molecule has 1 aromatic heterocycles. The van der Waals surface area contributed by atoms with Gasteiger partial charge < -0.3 is 0 Å². The van der Waals surface area contributed by atoms with Crippen molar-refractivity contribution in [3.63, 3.8) is 0 Å². The summed E-state index contributed by atoms with van der Waals surface area (Å²) in [5.41, 5.74) is 0.758. The van der Waals surface area contributed by atoms with Crippen LogP contribution in [0, 0.1) is 0 Å². The van der Waals surface area contributed by atoms with Crippen molar-refractivity contribution < 1.29 is 2.74 Å². The highest BCUT2D eigenvalue weighted by atomic mass is 79.9. The number of aromatic nitrogens is 2. The largest absolute Gasteiger partial charge is 0.240 e. The highest BCUT2D eigenvalue weighted by molar-refractivity contribution is 9.10. The maximum Gasteiger partial charge on any atom is 0.128 e. The normalized spacial score (nSPS) is 12.5. The third-order valence-electron chi connectivity index (χ3n) is 1.51. The van der Waals surface area contributed by atoms with Crippen LogP contribution in [0.2, 0.25) is 0 Å². The van der Waals surface area contributed by atoms with Crippen molar-refractivity contribution in [2.75, 3.05) is 0 Å². The molecule has 0 amide bonds. The number of nitrogens with zero attached hydrogens (tertiary/aromatic N) is 2. The number of halogens is 2. The van der Waals surface area contributed by atoms with Gasteiger partial charge in [-0.25, -0.2) is 4.68 Å². The molecule has 1 aromatic carbocycles. The second kappa shape index (κ2) is 3.64. The lowest BCUT2D eigenvalue weighted by atomic mass is 10.3. The van der Waals surface area contributed by atoms with E-state index in [2.05, 4.69) is 37.0 Å². The quantitative estimate of drug-likeness (QED) is 0.789. The van der Waals surface area contributed by atoms with Gasteiger partial charge in [0, 0.05) is 10.6 Å². The standard InChI is InChI=1S/C9H6Br2N2/c10-7-2-1-3-8(6-7)13-5-4-9(11)12-13/h1-6H/i4D,5D. The molecule has 0 unspecified atom stereocenters. The zero-order chi connectivity index (χ0) is 11.0. The maximum absolute atomic E-state index is 7.69. The van der Waals surface area contributed by atoms with Crippen molar-refractivity contribution in [1.29, 1.82) is 0 Å². The van der Waals surface area contributed by atoms with Gasteiger partial charge >= 0.3 is 0 Å². The molecular formula is C9H6Br2N2. The Hall–Kier alpha value is -0.610. The fourth-order valence-corrected chi connectivity index (χ4v) is 1.60. The molecule has 0 aliphatic rings. The first-order valence-electron chi connectivity index (χ1n) is 4.57. The highest BCUT2D eigenvalue weighted by Crippen LogP contribution is 2.16. The van der Waals surface area contributed by atoms with Crippen LogP contribution >= 0.6 is 31.9 Å². The summed E-state index contributed by atoms with van der Waals surface area (Å²) in [4.78, 5) is 0. The van der Waals surface area contributed by atoms with Gasteiger partial charge in [-0.3, -0.25) is 0 Å². The monoisotopic (exact) mass is 302 g/mol. The predicted molar refractivity (Wildman–Crippen MR) is 59.0 cm³/mol. The molecular weight excluding hydrogens is 296 g/mol. The first-order valence-corrected chi connectivity index (χ1v) is 5.16. The van der Waals surface area contributed by atoms with Gasteiger partial charge in [0.2, 0.25) is 0 Å². The smallest absolute Gasteiger partial charge is 0.128 e. The summed E-state index contributed by atoms with van der Waals surface area (Å²) in [6.07, 6.45) is 0.0694. The second-order valence-electron chi connectivity index (χ2n) is 2.42. The van der Waals surface area contributed by atoms with Crippen molar-refractivity contribution in [3.05, 3.63) is 45.6 Å². The minimum absolute atomic E-state index is 0.0694. The average Bonchev–Trinajstić information content (AvgIpc) is 2.46. The Kier molecular flexibility index (Phi) is 1.90. The van der Waals surface area contributed by atoms with E-state index in [1.165, 1.54) is 4.68 Å². The van der Waals surface area contributed by atoms with Gasteiger partial charge in [0.05, 0.1) is 8.43 Å². The van der Waals surface area contributed by atoms with E-state index in [1.807, 2.05) is 24.3 Å². The number of rotatable bonds is 1. The lowest BCUT2D eigenvalue weighted by molar-refractivity contribution is 0.870. The van der Waals surface area contributed by atoms with Crippen molar-refractivity contribution in [2.24, 2.45) is 0 Å². The van der Waals surface area contributed by atoms with E-state index in [1.54, 1.807) is 0 Å². The Bertz CT molecular complexity index is 511. The molecule has 0 saturated carbocycles. The van der Waals surface area contributed by atoms with Crippen LogP contribution in [0.1, 0.15) is 2.74 Å². The SMILES string of the molecule is [2H]c1c(Br)nn(-c2cccc(Br)c2)c1[2H]. The molecule has 4 heteroatoms. The lowest BCUT2D eigenvalue weighted by Gasteiger charge is -2.00. The Morgan fingerprint density at radius 1 is 1.38 bits per heavy atom. The van der Waals surface area contributed by atoms with Gasteiger partial charge in [-0.2, -0.15) is 5.10 Å². The summed E-state index contributed by atoms with van der Waals surface area (Å²) < 4.78 is 17.9. The number of hydrogen-bond donors (Lipinski definition) is 0. The van der Waals surface area contributed by atoms with Gasteiger partial charge in [-0.15, -0.1) is 0 Å². The molecule has 13 heavy (non-hydrogen) atoms. The van der Waals surface area contributed by atoms with Crippen LogP contribution in [0.3, 0.4) is 0 Å². The van der Waals surface area contributed by atoms with E-state index in [4.69, 9.17) is 2.74 Å². The third kappa shape index (κ3) is 2.00.